The van der Waals surface area contributed by atoms with Crippen LogP contribution in [0.2, 0.25) is 0 Å². The molecule has 0 aromatic carbocycles. The molecule has 2 aromatic rings. The van der Waals surface area contributed by atoms with Gasteiger partial charge in [0.2, 0.25) is 11.8 Å². The Bertz CT molecular complexity index is 986. The van der Waals surface area contributed by atoms with Gasteiger partial charge in [0.05, 0.1) is 24.2 Å². The molecule has 0 fully saturated rings. The number of carbonyl (C=O) groups excluding carboxylic acids is 4. The van der Waals surface area contributed by atoms with E-state index in [1.807, 2.05) is 0 Å². The molecule has 5 N–H and O–H groups in total. The van der Waals surface area contributed by atoms with Crippen LogP contribution in [0.1, 0.15) is 40.0 Å². The second kappa shape index (κ2) is 13.9. The smallest absolute Gasteiger partial charge is 0.326 e. The van der Waals surface area contributed by atoms with Crippen LogP contribution < -0.4 is 21.3 Å². The Labute approximate surface area is 195 Å². The molecule has 12 heteroatoms. The minimum absolute atomic E-state index is 0.152. The molecule has 0 saturated carbocycles. The zero-order chi connectivity index (χ0) is 24.8. The van der Waals surface area contributed by atoms with Gasteiger partial charge in [-0.15, -0.1) is 0 Å². The zero-order valence-corrected chi connectivity index (χ0v) is 18.3. The number of hydrogen-bond acceptors (Lipinski definition) is 7. The average molecular weight is 470 g/mol. The van der Waals surface area contributed by atoms with Gasteiger partial charge in [-0.3, -0.25) is 29.1 Å². The highest BCUT2D eigenvalue weighted by atomic mass is 16.4. The first-order valence-corrected chi connectivity index (χ1v) is 10.5. The van der Waals surface area contributed by atoms with Crippen LogP contribution in [0.3, 0.4) is 0 Å². The van der Waals surface area contributed by atoms with Crippen molar-refractivity contribution in [2.75, 3.05) is 19.6 Å². The summed E-state index contributed by atoms with van der Waals surface area (Å²) in [7, 11) is 0. The third-order valence-electron chi connectivity index (χ3n) is 4.54. The van der Waals surface area contributed by atoms with Gasteiger partial charge in [-0.25, -0.2) is 4.79 Å². The van der Waals surface area contributed by atoms with E-state index in [2.05, 4.69) is 31.2 Å². The summed E-state index contributed by atoms with van der Waals surface area (Å²) in [6, 6.07) is 5.26. The van der Waals surface area contributed by atoms with Gasteiger partial charge in [0.1, 0.15) is 6.04 Å². The Balaban J connectivity index is 1.63. The van der Waals surface area contributed by atoms with Crippen molar-refractivity contribution in [1.29, 1.82) is 0 Å². The van der Waals surface area contributed by atoms with Crippen molar-refractivity contribution in [2.24, 2.45) is 0 Å². The van der Waals surface area contributed by atoms with Gasteiger partial charge in [-0.05, 0) is 43.5 Å². The highest BCUT2D eigenvalue weighted by Gasteiger charge is 2.20. The van der Waals surface area contributed by atoms with Crippen LogP contribution in [-0.2, 0) is 14.4 Å². The molecule has 0 aliphatic heterocycles. The Hall–Kier alpha value is -4.35. The second-order valence-corrected chi connectivity index (χ2v) is 7.15. The molecule has 0 radical (unpaired) electrons. The number of nitrogens with one attached hydrogen (secondary N) is 4. The van der Waals surface area contributed by atoms with Crippen molar-refractivity contribution < 1.29 is 29.1 Å². The van der Waals surface area contributed by atoms with E-state index in [0.29, 0.717) is 24.9 Å². The van der Waals surface area contributed by atoms with Gasteiger partial charge in [-0.1, -0.05) is 0 Å². The molecule has 34 heavy (non-hydrogen) atoms. The van der Waals surface area contributed by atoms with Crippen LogP contribution in [0.5, 0.6) is 0 Å². The van der Waals surface area contributed by atoms with Gasteiger partial charge >= 0.3 is 5.97 Å². The van der Waals surface area contributed by atoms with Gasteiger partial charge < -0.3 is 26.4 Å². The van der Waals surface area contributed by atoms with Crippen molar-refractivity contribution >= 4 is 29.6 Å². The molecule has 0 spiro atoms. The fourth-order valence-electron chi connectivity index (χ4n) is 2.78. The zero-order valence-electron chi connectivity index (χ0n) is 18.3. The first kappa shape index (κ1) is 25.9. The highest BCUT2D eigenvalue weighted by molar-refractivity contribution is 5.96. The molecule has 0 aliphatic rings. The molecule has 0 saturated heterocycles. The number of carboxylic acids is 1. The molecular weight excluding hydrogens is 444 g/mol. The number of carbonyl (C=O) groups is 5. The van der Waals surface area contributed by atoms with E-state index < -0.39 is 36.3 Å². The van der Waals surface area contributed by atoms with E-state index in [9.17, 15) is 29.1 Å². The molecule has 2 heterocycles. The van der Waals surface area contributed by atoms with Crippen molar-refractivity contribution in [3.8, 4) is 0 Å². The molecule has 0 bridgehead atoms. The van der Waals surface area contributed by atoms with E-state index in [-0.39, 0.29) is 24.4 Å². The Morgan fingerprint density at radius 3 is 1.94 bits per heavy atom. The Morgan fingerprint density at radius 1 is 0.794 bits per heavy atom. The summed E-state index contributed by atoms with van der Waals surface area (Å²) >= 11 is 0. The van der Waals surface area contributed by atoms with E-state index in [1.165, 1.54) is 24.7 Å². The minimum atomic E-state index is -1.21. The molecular formula is C22H26N6O6. The van der Waals surface area contributed by atoms with Crippen LogP contribution in [0.25, 0.3) is 0 Å². The first-order valence-electron chi connectivity index (χ1n) is 10.5. The fraction of sp³-hybridized carbons (Fsp3) is 0.318. The highest BCUT2D eigenvalue weighted by Crippen LogP contribution is 2.02. The number of nitrogens with zero attached hydrogens (tertiary/aromatic N) is 2. The summed E-state index contributed by atoms with van der Waals surface area (Å²) in [4.78, 5) is 66.7. The van der Waals surface area contributed by atoms with E-state index in [1.54, 1.807) is 24.4 Å². The van der Waals surface area contributed by atoms with Crippen LogP contribution in [0.15, 0.2) is 49.1 Å². The summed E-state index contributed by atoms with van der Waals surface area (Å²) in [6.07, 6.45) is 6.97. The number of aromatic nitrogens is 2. The third-order valence-corrected chi connectivity index (χ3v) is 4.54. The number of unbranched alkanes of at least 4 members (excludes halogenated alkanes) is 1. The molecule has 1 atom stereocenters. The number of hydrogen-bond donors (Lipinski definition) is 5. The van der Waals surface area contributed by atoms with E-state index >= 15 is 0 Å². The van der Waals surface area contributed by atoms with Crippen LogP contribution >= 0.6 is 0 Å². The van der Waals surface area contributed by atoms with Crippen LogP contribution in [0.4, 0.5) is 0 Å². The molecule has 1 unspecified atom stereocenters. The van der Waals surface area contributed by atoms with Crippen molar-refractivity contribution in [2.45, 2.75) is 25.3 Å². The maximum Gasteiger partial charge on any atom is 0.326 e. The lowest BCUT2D eigenvalue weighted by molar-refractivity contribution is -0.142. The maximum absolute atomic E-state index is 12.0. The predicted molar refractivity (Wildman–Crippen MR) is 120 cm³/mol. The van der Waals surface area contributed by atoms with Gasteiger partial charge in [0.25, 0.3) is 11.8 Å². The first-order chi connectivity index (χ1) is 16.4. The fourth-order valence-corrected chi connectivity index (χ4v) is 2.78. The van der Waals surface area contributed by atoms with Crippen molar-refractivity contribution in [1.82, 2.24) is 31.2 Å². The lowest BCUT2D eigenvalue weighted by atomic mass is 10.1. The Kier molecular flexibility index (Phi) is 10.6. The third kappa shape index (κ3) is 9.42. The molecule has 2 rings (SSSR count). The maximum atomic E-state index is 12.0. The van der Waals surface area contributed by atoms with E-state index in [0.717, 1.165) is 0 Å². The standard InChI is InChI=1S/C22H26N6O6/c29-18(13-27-21(32)16-6-4-9-24-12-16)26-14-19(30)28-17(22(33)34)7-1-2-10-25-20(31)15-5-3-8-23-11-15/h3-6,8-9,11-12,17H,1-2,7,10,13-14H2,(H,25,31)(H,26,29)(H,27,32)(H,28,30)(H,33,34). The van der Waals surface area contributed by atoms with Gasteiger partial charge in [-0.2, -0.15) is 0 Å². The number of aliphatic carboxylic acids is 1. The topological polar surface area (TPSA) is 179 Å². The van der Waals surface area contributed by atoms with Crippen LogP contribution in [-0.4, -0.2) is 70.3 Å². The van der Waals surface area contributed by atoms with Crippen LogP contribution in [0, 0.1) is 0 Å². The van der Waals surface area contributed by atoms with Crippen molar-refractivity contribution in [3.63, 3.8) is 0 Å². The number of amides is 4. The summed E-state index contributed by atoms with van der Waals surface area (Å²) < 4.78 is 0. The average Bonchev–Trinajstić information content (AvgIpc) is 2.85. The van der Waals surface area contributed by atoms with Gasteiger partial charge in [0.15, 0.2) is 0 Å². The SMILES string of the molecule is O=C(CNC(=O)c1cccnc1)NCC(=O)NC(CCCCNC(=O)c1cccnc1)C(=O)O. The molecule has 2 aromatic heterocycles. The van der Waals surface area contributed by atoms with E-state index in [4.69, 9.17) is 0 Å². The van der Waals surface area contributed by atoms with Crippen molar-refractivity contribution in [3.05, 3.63) is 60.2 Å². The number of carboxylic acid groups (broad SMARTS) is 1. The quantitative estimate of drug-likeness (QED) is 0.243. The lowest BCUT2D eigenvalue weighted by Crippen LogP contribution is -2.47. The normalized spacial score (nSPS) is 11.1. The monoisotopic (exact) mass is 470 g/mol. The van der Waals surface area contributed by atoms with Gasteiger partial charge in [0, 0.05) is 31.3 Å². The summed E-state index contributed by atoms with van der Waals surface area (Å²) in [5.74, 6) is -3.26. The summed E-state index contributed by atoms with van der Waals surface area (Å²) in [5.41, 5.74) is 0.714. The largest absolute Gasteiger partial charge is 0.480 e. The molecule has 0 aliphatic carbocycles. The predicted octanol–water partition coefficient (Wildman–Crippen LogP) is -0.508. The Morgan fingerprint density at radius 2 is 1.38 bits per heavy atom. The minimum Gasteiger partial charge on any atom is -0.480 e. The number of rotatable bonds is 13. The molecule has 180 valence electrons. The molecule has 12 nitrogen and oxygen atoms in total. The summed E-state index contributed by atoms with van der Waals surface area (Å²) in [6.45, 7) is -0.449. The lowest BCUT2D eigenvalue weighted by Gasteiger charge is -2.15. The second-order valence-electron chi connectivity index (χ2n) is 7.15. The number of pyridine rings is 2. The summed E-state index contributed by atoms with van der Waals surface area (Å²) in [5, 5.41) is 19.1. The molecule has 4 amide bonds.